The molecule has 3 aromatic carbocycles. The highest BCUT2D eigenvalue weighted by atomic mass is 35.5. The molecule has 9 heteroatoms. The molecule has 2 heterocycles. The van der Waals surface area contributed by atoms with Gasteiger partial charge in [-0.2, -0.15) is 5.26 Å². The van der Waals surface area contributed by atoms with Crippen molar-refractivity contribution in [1.29, 1.82) is 5.26 Å². The molecule has 1 atom stereocenters. The molecule has 0 bridgehead atoms. The second kappa shape index (κ2) is 11.0. The van der Waals surface area contributed by atoms with Crippen LogP contribution in [0.1, 0.15) is 57.7 Å². The third-order valence-corrected chi connectivity index (χ3v) is 8.21. The third-order valence-electron chi connectivity index (χ3n) is 7.59. The van der Waals surface area contributed by atoms with Crippen molar-refractivity contribution in [3.8, 4) is 6.07 Å². The first-order valence-electron chi connectivity index (χ1n) is 14.4. The topological polar surface area (TPSA) is 88.0 Å². The molecule has 1 aliphatic carbocycles. The molecule has 0 saturated heterocycles. The smallest absolute Gasteiger partial charge is 0.103 e. The minimum Gasteiger partial charge on any atom is -0.383 e. The summed E-state index contributed by atoms with van der Waals surface area (Å²) in [6.45, 7) is 7.00. The fourth-order valence-electron chi connectivity index (χ4n) is 5.26. The van der Waals surface area contributed by atoms with Crippen molar-refractivity contribution in [2.75, 3.05) is 17.2 Å². The van der Waals surface area contributed by atoms with Gasteiger partial charge >= 0.3 is 0 Å². The molecule has 0 unspecified atom stereocenters. The molecule has 0 spiro atoms. The maximum absolute atomic E-state index is 9.91. The molecule has 4 aromatic rings. The van der Waals surface area contributed by atoms with Crippen LogP contribution in [-0.4, -0.2) is 16.5 Å². The van der Waals surface area contributed by atoms with E-state index < -0.39 is 6.02 Å². The average Bonchev–Trinajstić information content (AvgIpc) is 3.64. The number of nitrogens with zero attached hydrogens (tertiary/aromatic N) is 3. The van der Waals surface area contributed by atoms with Crippen molar-refractivity contribution in [3.63, 3.8) is 0 Å². The summed E-state index contributed by atoms with van der Waals surface area (Å²) >= 11 is 13.5. The van der Waals surface area contributed by atoms with Crippen molar-refractivity contribution in [3.05, 3.63) is 112 Å². The van der Waals surface area contributed by atoms with E-state index in [1.807, 2.05) is 53.7 Å². The molecular formula is C33H33Cl2N7. The van der Waals surface area contributed by atoms with Crippen LogP contribution in [0.3, 0.4) is 0 Å². The molecule has 1 fully saturated rings. The van der Waals surface area contributed by atoms with Gasteiger partial charge in [0.1, 0.15) is 6.07 Å². The van der Waals surface area contributed by atoms with Gasteiger partial charge in [0.05, 0.1) is 40.4 Å². The minimum absolute atomic E-state index is 0.0273. The summed E-state index contributed by atoms with van der Waals surface area (Å²) in [7, 11) is 0. The Hall–Kier alpha value is -3.96. The van der Waals surface area contributed by atoms with Crippen molar-refractivity contribution in [2.24, 2.45) is 5.41 Å². The molecule has 1 saturated carbocycles. The number of anilines is 2. The number of nitrogens with one attached hydrogen (secondary N) is 4. The van der Waals surface area contributed by atoms with Gasteiger partial charge in [-0.25, -0.2) is 0 Å². The van der Waals surface area contributed by atoms with E-state index in [1.165, 1.54) is 5.56 Å². The second-order valence-electron chi connectivity index (χ2n) is 12.0. The zero-order chi connectivity index (χ0) is 30.4. The van der Waals surface area contributed by atoms with Gasteiger partial charge in [0.15, 0.2) is 0 Å². The first-order chi connectivity index (χ1) is 20.5. The number of benzene rings is 3. The summed E-state index contributed by atoms with van der Waals surface area (Å²) < 4.78 is 9.91. The van der Waals surface area contributed by atoms with Crippen LogP contribution in [0.25, 0.3) is 10.9 Å². The van der Waals surface area contributed by atoms with E-state index in [1.54, 1.807) is 18.3 Å². The lowest BCUT2D eigenvalue weighted by atomic mass is 9.96. The summed E-state index contributed by atoms with van der Waals surface area (Å²) in [6.07, 6.45) is 5.45. The van der Waals surface area contributed by atoms with Crippen LogP contribution < -0.4 is 21.6 Å². The lowest BCUT2D eigenvalue weighted by molar-refractivity contribution is 0.176. The predicted molar refractivity (Wildman–Crippen MR) is 171 cm³/mol. The molecule has 1 aromatic heterocycles. The first-order valence-corrected chi connectivity index (χ1v) is 14.7. The van der Waals surface area contributed by atoms with Crippen molar-refractivity contribution in [2.45, 2.75) is 45.2 Å². The SMILES string of the molecule is [2H][C@](Nc1cc(Cl)c2ncc(C#N)c(NCC(C)(C)C)c2c1)(C1=CN(C2(c3ccccc3)CC2)NN1)c1ccccc1Cl. The van der Waals surface area contributed by atoms with E-state index in [0.29, 0.717) is 55.7 Å². The maximum atomic E-state index is 9.91. The summed E-state index contributed by atoms with van der Waals surface area (Å²) in [4.78, 5) is 4.49. The number of aromatic nitrogens is 1. The van der Waals surface area contributed by atoms with E-state index in [9.17, 15) is 6.63 Å². The number of halogens is 2. The molecule has 4 N–H and O–H groups in total. The zero-order valence-corrected chi connectivity index (χ0v) is 25.2. The second-order valence-corrected chi connectivity index (χ2v) is 12.8. The first kappa shape index (κ1) is 26.9. The number of pyridine rings is 1. The standard InChI is InChI=1S/C33H33Cl2N7/c1-32(2,3)20-38-29-21(17-36)18-37-30-25(29)15-23(16-27(30)35)39-31(24-11-7-8-12-26(24)34)28-19-42(41-40-28)33(13-14-33)22-9-5-4-6-10-22/h4-12,15-16,18-19,31,39-41H,13-14,20H2,1-3H3,(H,37,38)/t31-/m1/s1/i31D. The largest absolute Gasteiger partial charge is 0.383 e. The van der Waals surface area contributed by atoms with Gasteiger partial charge in [-0.1, -0.05) is 92.5 Å². The van der Waals surface area contributed by atoms with Crippen LogP contribution in [-0.2, 0) is 5.54 Å². The lowest BCUT2D eigenvalue weighted by Crippen LogP contribution is -2.43. The molecule has 1 aliphatic heterocycles. The van der Waals surface area contributed by atoms with Gasteiger partial charge in [-0.05, 0) is 47.6 Å². The van der Waals surface area contributed by atoms with Crippen molar-refractivity contribution < 1.29 is 1.37 Å². The maximum Gasteiger partial charge on any atom is 0.103 e. The highest BCUT2D eigenvalue weighted by Crippen LogP contribution is 2.51. The summed E-state index contributed by atoms with van der Waals surface area (Å²) in [5.74, 6) is 0. The third kappa shape index (κ3) is 5.46. The van der Waals surface area contributed by atoms with Gasteiger partial charge in [-0.15, -0.1) is 5.53 Å². The highest BCUT2D eigenvalue weighted by Gasteiger charge is 2.50. The Bertz CT molecular complexity index is 1760. The molecule has 0 radical (unpaired) electrons. The predicted octanol–water partition coefficient (Wildman–Crippen LogP) is 7.88. The number of hydrazine groups is 2. The highest BCUT2D eigenvalue weighted by molar-refractivity contribution is 6.36. The average molecular weight is 600 g/mol. The molecule has 214 valence electrons. The monoisotopic (exact) mass is 598 g/mol. The fraction of sp³-hybridized carbons (Fsp3) is 0.273. The summed E-state index contributed by atoms with van der Waals surface area (Å²) in [5, 5.41) is 20.3. The zero-order valence-electron chi connectivity index (χ0n) is 24.7. The van der Waals surface area contributed by atoms with Gasteiger partial charge in [-0.3, -0.25) is 9.99 Å². The quantitative estimate of drug-likeness (QED) is 0.164. The van der Waals surface area contributed by atoms with Crippen LogP contribution in [0.5, 0.6) is 0 Å². The number of fused-ring (bicyclic) bond motifs is 1. The molecule has 0 amide bonds. The van der Waals surface area contributed by atoms with E-state index in [-0.39, 0.29) is 11.0 Å². The Kier molecular flexibility index (Phi) is 7.07. The van der Waals surface area contributed by atoms with Gasteiger partial charge < -0.3 is 16.1 Å². The Morgan fingerprint density at radius 1 is 1.10 bits per heavy atom. The normalized spacial score (nSPS) is 17.5. The molecule has 42 heavy (non-hydrogen) atoms. The molecule has 6 rings (SSSR count). The molecule has 7 nitrogen and oxygen atoms in total. The fourth-order valence-corrected chi connectivity index (χ4v) is 5.75. The van der Waals surface area contributed by atoms with E-state index >= 15 is 0 Å². The Labute approximate surface area is 257 Å². The van der Waals surface area contributed by atoms with Crippen LogP contribution in [0.15, 0.2) is 84.8 Å². The molecular weight excluding hydrogens is 565 g/mol. The Morgan fingerprint density at radius 2 is 1.83 bits per heavy atom. The Morgan fingerprint density at radius 3 is 2.52 bits per heavy atom. The number of hydrogen-bond donors (Lipinski definition) is 4. The summed E-state index contributed by atoms with van der Waals surface area (Å²) in [6, 6.07) is 22.0. The van der Waals surface area contributed by atoms with E-state index in [4.69, 9.17) is 23.2 Å². The number of rotatable bonds is 8. The van der Waals surface area contributed by atoms with Gasteiger partial charge in [0.25, 0.3) is 0 Å². The van der Waals surface area contributed by atoms with E-state index in [2.05, 4.69) is 65.6 Å². The van der Waals surface area contributed by atoms with Gasteiger partial charge in [0, 0.05) is 35.0 Å². The minimum atomic E-state index is -1.54. The van der Waals surface area contributed by atoms with Crippen molar-refractivity contribution in [1.82, 2.24) is 21.0 Å². The summed E-state index contributed by atoms with van der Waals surface area (Å²) in [5.41, 5.74) is 10.9. The van der Waals surface area contributed by atoms with E-state index in [0.717, 1.165) is 12.8 Å². The number of hydrogen-bond acceptors (Lipinski definition) is 7. The lowest BCUT2D eigenvalue weighted by Gasteiger charge is -2.27. The van der Waals surface area contributed by atoms with Gasteiger partial charge in [0.2, 0.25) is 0 Å². The van der Waals surface area contributed by atoms with Crippen LogP contribution in [0, 0.1) is 16.7 Å². The number of nitriles is 1. The van der Waals surface area contributed by atoms with Crippen LogP contribution >= 0.6 is 23.2 Å². The van der Waals surface area contributed by atoms with Crippen LogP contribution in [0.2, 0.25) is 10.0 Å². The van der Waals surface area contributed by atoms with Crippen molar-refractivity contribution >= 4 is 45.5 Å². The van der Waals surface area contributed by atoms with Crippen LogP contribution in [0.4, 0.5) is 11.4 Å². The Balaban J connectivity index is 1.44. The molecule has 2 aliphatic rings.